The minimum absolute atomic E-state index is 1.00. The van der Waals surface area contributed by atoms with Crippen LogP contribution in [0.2, 0.25) is 0 Å². The molecule has 1 aromatic heterocycles. The minimum atomic E-state index is 1.00. The van der Waals surface area contributed by atoms with E-state index in [1.165, 1.54) is 22.3 Å². The Kier molecular flexibility index (Phi) is 3.47. The standard InChI is InChI=1S/C13H19N3/c1-10-13(15-9-5-8-14-2)11-6-3-4-7-12(11)16-10/h3-4,6-7,14-16H,5,8-9H2,1-2H3. The molecule has 0 radical (unpaired) electrons. The van der Waals surface area contributed by atoms with Crippen LogP contribution in [0.25, 0.3) is 10.9 Å². The molecule has 86 valence electrons. The summed E-state index contributed by atoms with van der Waals surface area (Å²) in [7, 11) is 1.98. The van der Waals surface area contributed by atoms with Crippen LogP contribution < -0.4 is 10.6 Å². The fourth-order valence-electron chi connectivity index (χ4n) is 1.98. The van der Waals surface area contributed by atoms with Gasteiger partial charge in [-0.1, -0.05) is 18.2 Å². The highest BCUT2D eigenvalue weighted by molar-refractivity contribution is 5.94. The Hall–Kier alpha value is -1.48. The number of hydrogen-bond acceptors (Lipinski definition) is 2. The van der Waals surface area contributed by atoms with Crippen molar-refractivity contribution in [3.05, 3.63) is 30.0 Å². The summed E-state index contributed by atoms with van der Waals surface area (Å²) in [6.07, 6.45) is 1.13. The van der Waals surface area contributed by atoms with Gasteiger partial charge in [-0.3, -0.25) is 0 Å². The van der Waals surface area contributed by atoms with E-state index in [4.69, 9.17) is 0 Å². The van der Waals surface area contributed by atoms with Crippen molar-refractivity contribution in [3.63, 3.8) is 0 Å². The first-order valence-electron chi connectivity index (χ1n) is 5.78. The summed E-state index contributed by atoms with van der Waals surface area (Å²) in [5.74, 6) is 0. The molecule has 0 aliphatic heterocycles. The van der Waals surface area contributed by atoms with Gasteiger partial charge < -0.3 is 15.6 Å². The van der Waals surface area contributed by atoms with Crippen molar-refractivity contribution < 1.29 is 0 Å². The summed E-state index contributed by atoms with van der Waals surface area (Å²) in [6.45, 7) is 4.17. The van der Waals surface area contributed by atoms with Gasteiger partial charge in [0.1, 0.15) is 0 Å². The Balaban J connectivity index is 2.13. The summed E-state index contributed by atoms with van der Waals surface area (Å²) < 4.78 is 0. The number of anilines is 1. The van der Waals surface area contributed by atoms with Crippen LogP contribution in [-0.4, -0.2) is 25.1 Å². The normalized spacial score (nSPS) is 10.9. The predicted molar refractivity (Wildman–Crippen MR) is 70.1 cm³/mol. The average molecular weight is 217 g/mol. The number of H-pyrrole nitrogens is 1. The summed E-state index contributed by atoms with van der Waals surface area (Å²) in [4.78, 5) is 3.39. The zero-order valence-electron chi connectivity index (χ0n) is 9.93. The molecular formula is C13H19N3. The van der Waals surface area contributed by atoms with Crippen LogP contribution in [0.15, 0.2) is 24.3 Å². The summed E-state index contributed by atoms with van der Waals surface area (Å²) in [5, 5.41) is 7.93. The third kappa shape index (κ3) is 2.19. The van der Waals surface area contributed by atoms with Crippen molar-refractivity contribution in [2.45, 2.75) is 13.3 Å². The first kappa shape index (κ1) is 11.0. The molecule has 0 fully saturated rings. The second-order valence-electron chi connectivity index (χ2n) is 4.05. The lowest BCUT2D eigenvalue weighted by atomic mass is 10.2. The molecule has 0 unspecified atom stereocenters. The van der Waals surface area contributed by atoms with E-state index in [0.717, 1.165) is 19.5 Å². The van der Waals surface area contributed by atoms with Gasteiger partial charge in [-0.25, -0.2) is 0 Å². The third-order valence-electron chi connectivity index (χ3n) is 2.80. The molecule has 0 saturated heterocycles. The monoisotopic (exact) mass is 217 g/mol. The number of aryl methyl sites for hydroxylation is 1. The lowest BCUT2D eigenvalue weighted by molar-refractivity contribution is 0.748. The first-order chi connectivity index (χ1) is 7.83. The number of aromatic nitrogens is 1. The van der Waals surface area contributed by atoms with Gasteiger partial charge in [0.05, 0.1) is 5.69 Å². The van der Waals surface area contributed by atoms with Crippen molar-refractivity contribution in [1.29, 1.82) is 0 Å². The van der Waals surface area contributed by atoms with E-state index in [2.05, 4.69) is 46.8 Å². The number of hydrogen-bond donors (Lipinski definition) is 3. The molecule has 3 heteroatoms. The van der Waals surface area contributed by atoms with Crippen LogP contribution >= 0.6 is 0 Å². The van der Waals surface area contributed by atoms with Gasteiger partial charge in [0.2, 0.25) is 0 Å². The molecule has 0 aliphatic rings. The van der Waals surface area contributed by atoms with Crippen LogP contribution in [-0.2, 0) is 0 Å². The highest BCUT2D eigenvalue weighted by Crippen LogP contribution is 2.26. The van der Waals surface area contributed by atoms with Crippen LogP contribution in [0.4, 0.5) is 5.69 Å². The summed E-state index contributed by atoms with van der Waals surface area (Å²) in [5.41, 5.74) is 3.66. The van der Waals surface area contributed by atoms with Crippen LogP contribution in [0.1, 0.15) is 12.1 Å². The van der Waals surface area contributed by atoms with Gasteiger partial charge >= 0.3 is 0 Å². The molecule has 16 heavy (non-hydrogen) atoms. The Morgan fingerprint density at radius 1 is 1.19 bits per heavy atom. The maximum Gasteiger partial charge on any atom is 0.0628 e. The Labute approximate surface area is 96.2 Å². The van der Waals surface area contributed by atoms with Crippen molar-refractivity contribution in [2.24, 2.45) is 0 Å². The maximum absolute atomic E-state index is 3.50. The molecule has 0 saturated carbocycles. The minimum Gasteiger partial charge on any atom is -0.383 e. The first-order valence-corrected chi connectivity index (χ1v) is 5.78. The predicted octanol–water partition coefficient (Wildman–Crippen LogP) is 2.50. The van der Waals surface area contributed by atoms with E-state index < -0.39 is 0 Å². The third-order valence-corrected chi connectivity index (χ3v) is 2.80. The molecular weight excluding hydrogens is 198 g/mol. The molecule has 2 aromatic rings. The molecule has 1 heterocycles. The highest BCUT2D eigenvalue weighted by atomic mass is 14.9. The quantitative estimate of drug-likeness (QED) is 0.673. The van der Waals surface area contributed by atoms with Crippen molar-refractivity contribution in [2.75, 3.05) is 25.5 Å². The number of fused-ring (bicyclic) bond motifs is 1. The molecule has 0 amide bonds. The zero-order chi connectivity index (χ0) is 11.4. The molecule has 1 aromatic carbocycles. The van der Waals surface area contributed by atoms with Gasteiger partial charge in [0.15, 0.2) is 0 Å². The van der Waals surface area contributed by atoms with Gasteiger partial charge in [0, 0.05) is 23.1 Å². The topological polar surface area (TPSA) is 39.8 Å². The smallest absolute Gasteiger partial charge is 0.0628 e. The number of nitrogens with one attached hydrogen (secondary N) is 3. The van der Waals surface area contributed by atoms with E-state index in [1.807, 2.05) is 7.05 Å². The van der Waals surface area contributed by atoms with Crippen LogP contribution in [0.5, 0.6) is 0 Å². The molecule has 0 atom stereocenters. The molecule has 3 nitrogen and oxygen atoms in total. The summed E-state index contributed by atoms with van der Waals surface area (Å²) >= 11 is 0. The summed E-state index contributed by atoms with van der Waals surface area (Å²) in [6, 6.07) is 8.40. The lowest BCUT2D eigenvalue weighted by Gasteiger charge is -2.06. The highest BCUT2D eigenvalue weighted by Gasteiger charge is 2.06. The number of aromatic amines is 1. The second kappa shape index (κ2) is 5.03. The van der Waals surface area contributed by atoms with Crippen molar-refractivity contribution >= 4 is 16.6 Å². The van der Waals surface area contributed by atoms with E-state index in [1.54, 1.807) is 0 Å². The van der Waals surface area contributed by atoms with Gasteiger partial charge in [-0.2, -0.15) is 0 Å². The lowest BCUT2D eigenvalue weighted by Crippen LogP contribution is -2.13. The largest absolute Gasteiger partial charge is 0.383 e. The molecule has 0 aliphatic carbocycles. The molecule has 0 spiro atoms. The second-order valence-corrected chi connectivity index (χ2v) is 4.05. The fraction of sp³-hybridized carbons (Fsp3) is 0.385. The number of para-hydroxylation sites is 1. The number of rotatable bonds is 5. The van der Waals surface area contributed by atoms with E-state index >= 15 is 0 Å². The Bertz CT molecular complexity index is 459. The molecule has 3 N–H and O–H groups in total. The average Bonchev–Trinajstić information content (AvgIpc) is 2.61. The van der Waals surface area contributed by atoms with Gasteiger partial charge in [-0.05, 0) is 33.0 Å². The Morgan fingerprint density at radius 3 is 2.81 bits per heavy atom. The van der Waals surface area contributed by atoms with Crippen LogP contribution in [0, 0.1) is 6.92 Å². The van der Waals surface area contributed by atoms with Gasteiger partial charge in [-0.15, -0.1) is 0 Å². The van der Waals surface area contributed by atoms with Crippen LogP contribution in [0.3, 0.4) is 0 Å². The fourth-order valence-corrected chi connectivity index (χ4v) is 1.98. The maximum atomic E-state index is 3.50. The van der Waals surface area contributed by atoms with Gasteiger partial charge in [0.25, 0.3) is 0 Å². The van der Waals surface area contributed by atoms with E-state index in [0.29, 0.717) is 0 Å². The van der Waals surface area contributed by atoms with Crippen molar-refractivity contribution in [1.82, 2.24) is 10.3 Å². The number of benzene rings is 1. The zero-order valence-corrected chi connectivity index (χ0v) is 9.93. The van der Waals surface area contributed by atoms with E-state index in [-0.39, 0.29) is 0 Å². The van der Waals surface area contributed by atoms with Crippen molar-refractivity contribution in [3.8, 4) is 0 Å². The van der Waals surface area contributed by atoms with E-state index in [9.17, 15) is 0 Å². The SMILES string of the molecule is CNCCCNc1c(C)[nH]c2ccccc12. The molecule has 0 bridgehead atoms. The Morgan fingerprint density at radius 2 is 2.00 bits per heavy atom. The molecule has 2 rings (SSSR count).